The van der Waals surface area contributed by atoms with Gasteiger partial charge in [-0.3, -0.25) is 0 Å². The van der Waals surface area contributed by atoms with Crippen LogP contribution in [0.3, 0.4) is 0 Å². The summed E-state index contributed by atoms with van der Waals surface area (Å²) in [5.41, 5.74) is 5.97. The molecule has 3 N–H and O–H groups in total. The first-order chi connectivity index (χ1) is 8.38. The number of rotatable bonds is 5. The molecule has 0 spiro atoms. The first-order valence-corrected chi connectivity index (χ1v) is 6.05. The molecule has 2 atom stereocenters. The van der Waals surface area contributed by atoms with Crippen molar-refractivity contribution in [2.24, 2.45) is 11.1 Å². The third-order valence-corrected chi connectivity index (χ3v) is 2.93. The molecule has 1 aromatic rings. The van der Waals surface area contributed by atoms with Crippen molar-refractivity contribution < 1.29 is 14.6 Å². The Morgan fingerprint density at radius 1 is 1.17 bits per heavy atom. The molecule has 0 bridgehead atoms. The maximum absolute atomic E-state index is 9.39. The van der Waals surface area contributed by atoms with E-state index in [9.17, 15) is 5.11 Å². The fourth-order valence-electron chi connectivity index (χ4n) is 1.61. The number of aliphatic hydroxyl groups is 1. The van der Waals surface area contributed by atoms with Gasteiger partial charge in [-0.1, -0.05) is 20.8 Å². The lowest BCUT2D eigenvalue weighted by atomic mass is 9.84. The monoisotopic (exact) mass is 253 g/mol. The average Bonchev–Trinajstić information content (AvgIpc) is 2.34. The molecular weight excluding hydrogens is 230 g/mol. The van der Waals surface area contributed by atoms with E-state index in [-0.39, 0.29) is 18.1 Å². The molecule has 0 radical (unpaired) electrons. The summed E-state index contributed by atoms with van der Waals surface area (Å²) in [7, 11) is 1.61. The highest BCUT2D eigenvalue weighted by Crippen LogP contribution is 2.24. The van der Waals surface area contributed by atoms with Gasteiger partial charge in [0, 0.05) is 6.04 Å². The summed E-state index contributed by atoms with van der Waals surface area (Å²) in [6.07, 6.45) is -0.418. The molecule has 0 aliphatic rings. The standard InChI is InChI=1S/C14H23NO3/c1-14(2,3)13(15)12(9-16)18-11-7-5-10(17-4)6-8-11/h5-8,12-13,16H,9,15H2,1-4H3. The van der Waals surface area contributed by atoms with Crippen molar-refractivity contribution in [2.45, 2.75) is 32.9 Å². The van der Waals surface area contributed by atoms with Crippen LogP contribution >= 0.6 is 0 Å². The zero-order chi connectivity index (χ0) is 13.8. The topological polar surface area (TPSA) is 64.7 Å². The number of hydrogen-bond acceptors (Lipinski definition) is 4. The molecule has 4 heteroatoms. The minimum absolute atomic E-state index is 0.107. The van der Waals surface area contributed by atoms with E-state index < -0.39 is 6.10 Å². The van der Waals surface area contributed by atoms with Gasteiger partial charge in [0.15, 0.2) is 0 Å². The van der Waals surface area contributed by atoms with Crippen LogP contribution in [0.5, 0.6) is 11.5 Å². The van der Waals surface area contributed by atoms with Gasteiger partial charge in [-0.15, -0.1) is 0 Å². The molecule has 18 heavy (non-hydrogen) atoms. The molecule has 0 aliphatic carbocycles. The highest BCUT2D eigenvalue weighted by Gasteiger charge is 2.30. The van der Waals surface area contributed by atoms with Gasteiger partial charge in [-0.05, 0) is 29.7 Å². The van der Waals surface area contributed by atoms with Gasteiger partial charge in [-0.2, -0.15) is 0 Å². The van der Waals surface area contributed by atoms with Gasteiger partial charge >= 0.3 is 0 Å². The van der Waals surface area contributed by atoms with Crippen LogP contribution in [-0.2, 0) is 0 Å². The zero-order valence-electron chi connectivity index (χ0n) is 11.5. The van der Waals surface area contributed by atoms with Crippen molar-refractivity contribution in [3.05, 3.63) is 24.3 Å². The fourth-order valence-corrected chi connectivity index (χ4v) is 1.61. The van der Waals surface area contributed by atoms with Crippen molar-refractivity contribution in [1.29, 1.82) is 0 Å². The maximum Gasteiger partial charge on any atom is 0.137 e. The summed E-state index contributed by atoms with van der Waals surface area (Å²) < 4.78 is 10.8. The van der Waals surface area contributed by atoms with Crippen LogP contribution in [0.15, 0.2) is 24.3 Å². The van der Waals surface area contributed by atoms with Crippen LogP contribution in [0, 0.1) is 5.41 Å². The summed E-state index contributed by atoms with van der Waals surface area (Å²) >= 11 is 0. The Labute approximate surface area is 109 Å². The lowest BCUT2D eigenvalue weighted by Gasteiger charge is -2.33. The molecule has 1 rings (SSSR count). The van der Waals surface area contributed by atoms with E-state index in [1.54, 1.807) is 19.2 Å². The Hall–Kier alpha value is -1.26. The van der Waals surface area contributed by atoms with E-state index in [0.717, 1.165) is 5.75 Å². The number of benzene rings is 1. The van der Waals surface area contributed by atoms with Crippen LogP contribution in [0.25, 0.3) is 0 Å². The SMILES string of the molecule is COc1ccc(OC(CO)C(N)C(C)(C)C)cc1. The summed E-state index contributed by atoms with van der Waals surface area (Å²) in [5, 5.41) is 9.39. The molecule has 0 heterocycles. The molecular formula is C14H23NO3. The Morgan fingerprint density at radius 3 is 2.06 bits per heavy atom. The summed E-state index contributed by atoms with van der Waals surface area (Å²) in [6, 6.07) is 6.98. The van der Waals surface area contributed by atoms with E-state index in [1.165, 1.54) is 0 Å². The largest absolute Gasteiger partial charge is 0.497 e. The number of methoxy groups -OCH3 is 1. The first-order valence-electron chi connectivity index (χ1n) is 6.05. The number of nitrogens with two attached hydrogens (primary N) is 1. The molecule has 2 unspecified atom stereocenters. The van der Waals surface area contributed by atoms with E-state index in [0.29, 0.717) is 5.75 Å². The van der Waals surface area contributed by atoms with E-state index in [4.69, 9.17) is 15.2 Å². The Morgan fingerprint density at radius 2 is 1.67 bits per heavy atom. The fraction of sp³-hybridized carbons (Fsp3) is 0.571. The molecule has 102 valence electrons. The van der Waals surface area contributed by atoms with E-state index in [2.05, 4.69) is 0 Å². The van der Waals surface area contributed by atoms with Gasteiger partial charge in [-0.25, -0.2) is 0 Å². The second-order valence-corrected chi connectivity index (χ2v) is 5.41. The first kappa shape index (κ1) is 14.8. The molecule has 0 amide bonds. The summed E-state index contributed by atoms with van der Waals surface area (Å²) in [4.78, 5) is 0. The highest BCUT2D eigenvalue weighted by atomic mass is 16.5. The zero-order valence-corrected chi connectivity index (χ0v) is 11.5. The van der Waals surface area contributed by atoms with Crippen LogP contribution in [-0.4, -0.2) is 31.0 Å². The van der Waals surface area contributed by atoms with E-state index >= 15 is 0 Å². The number of hydrogen-bond donors (Lipinski definition) is 2. The molecule has 0 saturated carbocycles. The van der Waals surface area contributed by atoms with Crippen molar-refractivity contribution in [2.75, 3.05) is 13.7 Å². The van der Waals surface area contributed by atoms with Gasteiger partial charge in [0.05, 0.1) is 13.7 Å². The second kappa shape index (κ2) is 6.07. The van der Waals surface area contributed by atoms with Gasteiger partial charge < -0.3 is 20.3 Å². The van der Waals surface area contributed by atoms with Crippen LogP contribution in [0.1, 0.15) is 20.8 Å². The molecule has 0 saturated heterocycles. The van der Waals surface area contributed by atoms with Crippen LogP contribution < -0.4 is 15.2 Å². The Balaban J connectivity index is 2.73. The minimum Gasteiger partial charge on any atom is -0.497 e. The molecule has 0 aromatic heterocycles. The minimum atomic E-state index is -0.418. The van der Waals surface area contributed by atoms with Crippen molar-refractivity contribution >= 4 is 0 Å². The predicted octanol–water partition coefficient (Wildman–Crippen LogP) is 1.81. The van der Waals surface area contributed by atoms with Crippen LogP contribution in [0.4, 0.5) is 0 Å². The Kier molecular flexibility index (Phi) is 4.99. The smallest absolute Gasteiger partial charge is 0.137 e. The van der Waals surface area contributed by atoms with Crippen molar-refractivity contribution in [3.8, 4) is 11.5 Å². The second-order valence-electron chi connectivity index (χ2n) is 5.41. The quantitative estimate of drug-likeness (QED) is 0.840. The van der Waals surface area contributed by atoms with Gasteiger partial charge in [0.2, 0.25) is 0 Å². The predicted molar refractivity (Wildman–Crippen MR) is 71.9 cm³/mol. The summed E-state index contributed by atoms with van der Waals surface area (Å²) in [6.45, 7) is 5.97. The van der Waals surface area contributed by atoms with Gasteiger partial charge in [0.1, 0.15) is 17.6 Å². The molecule has 4 nitrogen and oxygen atoms in total. The van der Waals surface area contributed by atoms with E-state index in [1.807, 2.05) is 32.9 Å². The highest BCUT2D eigenvalue weighted by molar-refractivity contribution is 5.31. The van der Waals surface area contributed by atoms with Gasteiger partial charge in [0.25, 0.3) is 0 Å². The molecule has 0 fully saturated rings. The average molecular weight is 253 g/mol. The lowest BCUT2D eigenvalue weighted by molar-refractivity contribution is 0.0591. The molecule has 1 aromatic carbocycles. The molecule has 0 aliphatic heterocycles. The third kappa shape index (κ3) is 3.89. The maximum atomic E-state index is 9.39. The van der Waals surface area contributed by atoms with Crippen molar-refractivity contribution in [3.63, 3.8) is 0 Å². The van der Waals surface area contributed by atoms with Crippen molar-refractivity contribution in [1.82, 2.24) is 0 Å². The number of aliphatic hydroxyl groups excluding tert-OH is 1. The van der Waals surface area contributed by atoms with Crippen LogP contribution in [0.2, 0.25) is 0 Å². The normalized spacial score (nSPS) is 15.0. The Bertz CT molecular complexity index is 356. The number of ether oxygens (including phenoxy) is 2. The third-order valence-electron chi connectivity index (χ3n) is 2.93. The lowest BCUT2D eigenvalue weighted by Crippen LogP contribution is -2.49. The summed E-state index contributed by atoms with van der Waals surface area (Å²) in [5.74, 6) is 1.44.